The molecule has 0 spiro atoms. The molecule has 0 bridgehead atoms. The van der Waals surface area contributed by atoms with Crippen molar-refractivity contribution < 1.29 is 9.47 Å². The highest BCUT2D eigenvalue weighted by Gasteiger charge is 2.09. The molecule has 0 aliphatic carbocycles. The topological polar surface area (TPSA) is 18.5 Å². The molecule has 18 heavy (non-hydrogen) atoms. The average molecular weight is 372 g/mol. The van der Waals surface area contributed by atoms with Gasteiger partial charge in [-0.25, -0.2) is 0 Å². The van der Waals surface area contributed by atoms with Crippen LogP contribution in [0.1, 0.15) is 0 Å². The summed E-state index contributed by atoms with van der Waals surface area (Å²) in [6.07, 6.45) is 0. The van der Waals surface area contributed by atoms with Crippen LogP contribution >= 0.6 is 31.9 Å². The second-order valence-corrected chi connectivity index (χ2v) is 5.40. The zero-order chi connectivity index (χ0) is 13.1. The Hall–Kier alpha value is -1.000. The van der Waals surface area contributed by atoms with Crippen LogP contribution in [0.25, 0.3) is 11.1 Å². The monoisotopic (exact) mass is 370 g/mol. The number of hydrogen-bond acceptors (Lipinski definition) is 2. The van der Waals surface area contributed by atoms with Gasteiger partial charge in [0.25, 0.3) is 0 Å². The SMILES string of the molecule is COc1ccc(-c2cc(OC)ccc2Br)c(Br)c1. The van der Waals surface area contributed by atoms with Crippen molar-refractivity contribution in [2.24, 2.45) is 0 Å². The van der Waals surface area contributed by atoms with Crippen LogP contribution < -0.4 is 9.47 Å². The Labute approximate surface area is 123 Å². The number of halogens is 2. The summed E-state index contributed by atoms with van der Waals surface area (Å²) < 4.78 is 12.5. The molecule has 0 radical (unpaired) electrons. The molecule has 4 heteroatoms. The lowest BCUT2D eigenvalue weighted by Crippen LogP contribution is -1.88. The van der Waals surface area contributed by atoms with E-state index in [4.69, 9.17) is 9.47 Å². The molecule has 0 aliphatic heterocycles. The highest BCUT2D eigenvalue weighted by molar-refractivity contribution is 9.11. The van der Waals surface area contributed by atoms with Gasteiger partial charge in [-0.15, -0.1) is 0 Å². The van der Waals surface area contributed by atoms with Crippen molar-refractivity contribution in [3.05, 3.63) is 45.3 Å². The van der Waals surface area contributed by atoms with Gasteiger partial charge in [-0.3, -0.25) is 0 Å². The summed E-state index contributed by atoms with van der Waals surface area (Å²) in [4.78, 5) is 0. The van der Waals surface area contributed by atoms with Crippen LogP contribution in [-0.4, -0.2) is 14.2 Å². The average Bonchev–Trinajstić information content (AvgIpc) is 2.39. The standard InChI is InChI=1S/C14H12Br2O2/c1-17-9-4-6-13(15)12(7-9)11-5-3-10(18-2)8-14(11)16/h3-8H,1-2H3. The van der Waals surface area contributed by atoms with Crippen molar-refractivity contribution in [2.75, 3.05) is 14.2 Å². The highest BCUT2D eigenvalue weighted by Crippen LogP contribution is 2.37. The predicted octanol–water partition coefficient (Wildman–Crippen LogP) is 4.90. The Kier molecular flexibility index (Phi) is 4.30. The summed E-state index contributed by atoms with van der Waals surface area (Å²) in [6.45, 7) is 0. The van der Waals surface area contributed by atoms with Gasteiger partial charge in [0.1, 0.15) is 11.5 Å². The fraction of sp³-hybridized carbons (Fsp3) is 0.143. The van der Waals surface area contributed by atoms with E-state index in [0.29, 0.717) is 0 Å². The van der Waals surface area contributed by atoms with Crippen LogP contribution in [0, 0.1) is 0 Å². The molecular weight excluding hydrogens is 360 g/mol. The largest absolute Gasteiger partial charge is 0.497 e. The van der Waals surface area contributed by atoms with Crippen molar-refractivity contribution in [2.45, 2.75) is 0 Å². The minimum Gasteiger partial charge on any atom is -0.497 e. The molecule has 2 aromatic carbocycles. The molecule has 0 amide bonds. The molecule has 0 saturated carbocycles. The van der Waals surface area contributed by atoms with Gasteiger partial charge in [0, 0.05) is 14.5 Å². The Balaban J connectivity index is 2.54. The van der Waals surface area contributed by atoms with Gasteiger partial charge in [-0.05, 0) is 42.0 Å². The van der Waals surface area contributed by atoms with E-state index in [1.165, 1.54) is 0 Å². The van der Waals surface area contributed by atoms with Crippen molar-refractivity contribution in [3.8, 4) is 22.6 Å². The van der Waals surface area contributed by atoms with Gasteiger partial charge in [0.2, 0.25) is 0 Å². The lowest BCUT2D eigenvalue weighted by Gasteiger charge is -2.10. The lowest BCUT2D eigenvalue weighted by molar-refractivity contribution is 0.414. The predicted molar refractivity (Wildman–Crippen MR) is 80.4 cm³/mol. The van der Waals surface area contributed by atoms with Gasteiger partial charge in [-0.2, -0.15) is 0 Å². The highest BCUT2D eigenvalue weighted by atomic mass is 79.9. The maximum atomic E-state index is 5.26. The summed E-state index contributed by atoms with van der Waals surface area (Å²) in [5.41, 5.74) is 2.16. The van der Waals surface area contributed by atoms with E-state index >= 15 is 0 Å². The zero-order valence-electron chi connectivity index (χ0n) is 10.0. The maximum absolute atomic E-state index is 5.26. The fourth-order valence-corrected chi connectivity index (χ4v) is 2.71. The number of benzene rings is 2. The van der Waals surface area contributed by atoms with E-state index in [-0.39, 0.29) is 0 Å². The molecule has 0 aliphatic rings. The van der Waals surface area contributed by atoms with Crippen molar-refractivity contribution in [1.29, 1.82) is 0 Å². The Bertz CT molecular complexity index is 568. The van der Waals surface area contributed by atoms with E-state index in [9.17, 15) is 0 Å². The second-order valence-electron chi connectivity index (χ2n) is 3.69. The quantitative estimate of drug-likeness (QED) is 0.764. The minimum atomic E-state index is 0.824. The number of hydrogen-bond donors (Lipinski definition) is 0. The molecule has 0 unspecified atom stereocenters. The van der Waals surface area contributed by atoms with Gasteiger partial charge < -0.3 is 9.47 Å². The molecule has 0 heterocycles. The number of methoxy groups -OCH3 is 2. The molecule has 2 aromatic rings. The smallest absolute Gasteiger partial charge is 0.120 e. The minimum absolute atomic E-state index is 0.824. The van der Waals surface area contributed by atoms with Gasteiger partial charge in [-0.1, -0.05) is 31.9 Å². The van der Waals surface area contributed by atoms with Gasteiger partial charge >= 0.3 is 0 Å². The number of rotatable bonds is 3. The van der Waals surface area contributed by atoms with Crippen LogP contribution in [0.5, 0.6) is 11.5 Å². The molecule has 0 atom stereocenters. The molecule has 0 fully saturated rings. The molecular formula is C14H12Br2O2. The summed E-state index contributed by atoms with van der Waals surface area (Å²) in [7, 11) is 3.32. The summed E-state index contributed by atoms with van der Waals surface area (Å²) in [5, 5.41) is 0. The van der Waals surface area contributed by atoms with Crippen LogP contribution in [0.15, 0.2) is 45.3 Å². The second kappa shape index (κ2) is 5.76. The van der Waals surface area contributed by atoms with Gasteiger partial charge in [0.05, 0.1) is 14.2 Å². The van der Waals surface area contributed by atoms with Crippen LogP contribution in [0.2, 0.25) is 0 Å². The van der Waals surface area contributed by atoms with E-state index in [1.807, 2.05) is 36.4 Å². The zero-order valence-corrected chi connectivity index (χ0v) is 13.2. The van der Waals surface area contributed by atoms with Gasteiger partial charge in [0.15, 0.2) is 0 Å². The van der Waals surface area contributed by atoms with E-state index in [2.05, 4.69) is 31.9 Å². The Morgan fingerprint density at radius 2 is 1.33 bits per heavy atom. The van der Waals surface area contributed by atoms with Crippen molar-refractivity contribution >= 4 is 31.9 Å². The number of ether oxygens (including phenoxy) is 2. The first-order chi connectivity index (χ1) is 8.65. The summed E-state index contributed by atoms with van der Waals surface area (Å²) in [5.74, 6) is 1.65. The lowest BCUT2D eigenvalue weighted by atomic mass is 10.1. The van der Waals surface area contributed by atoms with Crippen molar-refractivity contribution in [1.82, 2.24) is 0 Å². The normalized spacial score (nSPS) is 10.2. The van der Waals surface area contributed by atoms with Crippen LogP contribution in [-0.2, 0) is 0 Å². The first kappa shape index (κ1) is 13.4. The Morgan fingerprint density at radius 3 is 1.94 bits per heavy atom. The van der Waals surface area contributed by atoms with E-state index in [0.717, 1.165) is 31.6 Å². The molecule has 0 saturated heterocycles. The van der Waals surface area contributed by atoms with Crippen molar-refractivity contribution in [3.63, 3.8) is 0 Å². The molecule has 2 rings (SSSR count). The first-order valence-electron chi connectivity index (χ1n) is 5.33. The van der Waals surface area contributed by atoms with Crippen LogP contribution in [0.3, 0.4) is 0 Å². The fourth-order valence-electron chi connectivity index (χ4n) is 1.68. The Morgan fingerprint density at radius 1 is 0.722 bits per heavy atom. The van der Waals surface area contributed by atoms with E-state index in [1.54, 1.807) is 14.2 Å². The van der Waals surface area contributed by atoms with Crippen LogP contribution in [0.4, 0.5) is 0 Å². The molecule has 94 valence electrons. The summed E-state index contributed by atoms with van der Waals surface area (Å²) >= 11 is 7.12. The molecule has 0 aromatic heterocycles. The third-order valence-electron chi connectivity index (χ3n) is 2.64. The third-order valence-corrected chi connectivity index (χ3v) is 3.99. The molecule has 2 nitrogen and oxygen atoms in total. The maximum Gasteiger partial charge on any atom is 0.120 e. The molecule has 0 N–H and O–H groups in total. The third kappa shape index (κ3) is 2.70. The first-order valence-corrected chi connectivity index (χ1v) is 6.91. The van der Waals surface area contributed by atoms with E-state index < -0.39 is 0 Å². The summed E-state index contributed by atoms with van der Waals surface area (Å²) in [6, 6.07) is 11.8.